The predicted molar refractivity (Wildman–Crippen MR) is 61.6 cm³/mol. The highest BCUT2D eigenvalue weighted by molar-refractivity contribution is 5.86. The largest absolute Gasteiger partial charge is 0.507 e. The van der Waals surface area contributed by atoms with Gasteiger partial charge in [0.05, 0.1) is 6.54 Å². The lowest BCUT2D eigenvalue weighted by molar-refractivity contribution is 0.466. The van der Waals surface area contributed by atoms with Crippen molar-refractivity contribution < 1.29 is 5.11 Å². The molecular formula is C12H16N2O. The van der Waals surface area contributed by atoms with Crippen molar-refractivity contribution in [2.45, 2.75) is 20.3 Å². The van der Waals surface area contributed by atoms with Gasteiger partial charge in [-0.2, -0.15) is 0 Å². The molecule has 1 aliphatic rings. The number of hydrogen-bond acceptors (Lipinski definition) is 3. The molecule has 3 nitrogen and oxygen atoms in total. The smallest absolute Gasteiger partial charge is 0.121 e. The Labute approximate surface area is 89.9 Å². The molecule has 0 atom stereocenters. The summed E-state index contributed by atoms with van der Waals surface area (Å²) >= 11 is 0. The van der Waals surface area contributed by atoms with Crippen LogP contribution in [-0.4, -0.2) is 24.0 Å². The fourth-order valence-corrected chi connectivity index (χ4v) is 1.81. The zero-order valence-corrected chi connectivity index (χ0v) is 9.17. The summed E-state index contributed by atoms with van der Waals surface area (Å²) in [6, 6.07) is 4.01. The summed E-state index contributed by atoms with van der Waals surface area (Å²) in [5, 5.41) is 13.0. The Bertz CT molecular complexity index is 410. The molecule has 0 saturated carbocycles. The summed E-state index contributed by atoms with van der Waals surface area (Å²) in [4.78, 5) is 4.35. The van der Waals surface area contributed by atoms with Gasteiger partial charge in [-0.1, -0.05) is 12.1 Å². The van der Waals surface area contributed by atoms with E-state index in [2.05, 4.69) is 16.4 Å². The highest BCUT2D eigenvalue weighted by Crippen LogP contribution is 2.24. The molecular weight excluding hydrogens is 188 g/mol. The van der Waals surface area contributed by atoms with Gasteiger partial charge in [0.25, 0.3) is 0 Å². The molecule has 0 unspecified atom stereocenters. The Kier molecular flexibility index (Phi) is 2.62. The first kappa shape index (κ1) is 10.0. The third kappa shape index (κ3) is 1.96. The zero-order chi connectivity index (χ0) is 10.8. The molecule has 0 spiro atoms. The molecule has 0 radical (unpaired) electrons. The number of phenolic OH excluding ortho intramolecular Hbond substituents is 1. The van der Waals surface area contributed by atoms with Gasteiger partial charge in [-0.05, 0) is 30.5 Å². The SMILES string of the molecule is Cc1ccc(CC2=NCCN2)c(C)c1O. The van der Waals surface area contributed by atoms with E-state index in [0.29, 0.717) is 5.75 Å². The van der Waals surface area contributed by atoms with Gasteiger partial charge in [-0.15, -0.1) is 0 Å². The van der Waals surface area contributed by atoms with Crippen LogP contribution in [0.2, 0.25) is 0 Å². The fourth-order valence-electron chi connectivity index (χ4n) is 1.81. The van der Waals surface area contributed by atoms with Crippen molar-refractivity contribution in [3.05, 3.63) is 28.8 Å². The number of rotatable bonds is 2. The van der Waals surface area contributed by atoms with Crippen LogP contribution in [0.1, 0.15) is 16.7 Å². The van der Waals surface area contributed by atoms with Crippen molar-refractivity contribution >= 4 is 5.84 Å². The molecule has 0 saturated heterocycles. The van der Waals surface area contributed by atoms with Gasteiger partial charge in [-0.25, -0.2) is 0 Å². The first-order chi connectivity index (χ1) is 7.18. The van der Waals surface area contributed by atoms with Crippen LogP contribution in [0.15, 0.2) is 17.1 Å². The quantitative estimate of drug-likeness (QED) is 0.767. The van der Waals surface area contributed by atoms with Gasteiger partial charge in [0, 0.05) is 13.0 Å². The van der Waals surface area contributed by atoms with E-state index in [0.717, 1.165) is 42.0 Å². The molecule has 1 aromatic carbocycles. The number of benzene rings is 1. The van der Waals surface area contributed by atoms with Gasteiger partial charge in [0.1, 0.15) is 11.6 Å². The first-order valence-electron chi connectivity index (χ1n) is 5.23. The van der Waals surface area contributed by atoms with Gasteiger partial charge >= 0.3 is 0 Å². The molecule has 15 heavy (non-hydrogen) atoms. The van der Waals surface area contributed by atoms with E-state index < -0.39 is 0 Å². The number of aliphatic imine (C=N–C) groups is 1. The summed E-state index contributed by atoms with van der Waals surface area (Å²) in [5.41, 5.74) is 3.04. The van der Waals surface area contributed by atoms with Crippen molar-refractivity contribution in [2.75, 3.05) is 13.1 Å². The lowest BCUT2D eigenvalue weighted by atomic mass is 10.0. The van der Waals surface area contributed by atoms with Gasteiger partial charge < -0.3 is 10.4 Å². The lowest BCUT2D eigenvalue weighted by Crippen LogP contribution is -2.20. The van der Waals surface area contributed by atoms with Crippen LogP contribution in [0.3, 0.4) is 0 Å². The lowest BCUT2D eigenvalue weighted by Gasteiger charge is -2.10. The summed E-state index contributed by atoms with van der Waals surface area (Å²) < 4.78 is 0. The van der Waals surface area contributed by atoms with Crippen LogP contribution >= 0.6 is 0 Å². The Morgan fingerprint density at radius 3 is 2.87 bits per heavy atom. The Morgan fingerprint density at radius 2 is 2.20 bits per heavy atom. The molecule has 0 fully saturated rings. The molecule has 0 aliphatic carbocycles. The van der Waals surface area contributed by atoms with E-state index >= 15 is 0 Å². The molecule has 3 heteroatoms. The average Bonchev–Trinajstić information content (AvgIpc) is 2.72. The minimum Gasteiger partial charge on any atom is -0.507 e. The average molecular weight is 204 g/mol. The summed E-state index contributed by atoms with van der Waals surface area (Å²) in [5.74, 6) is 1.44. The number of phenols is 1. The van der Waals surface area contributed by atoms with Gasteiger partial charge in [-0.3, -0.25) is 4.99 Å². The summed E-state index contributed by atoms with van der Waals surface area (Å²) in [6.07, 6.45) is 0.791. The Hall–Kier alpha value is -1.51. The van der Waals surface area contributed by atoms with Crippen LogP contribution in [0.25, 0.3) is 0 Å². The van der Waals surface area contributed by atoms with Crippen LogP contribution in [0.4, 0.5) is 0 Å². The fraction of sp³-hybridized carbons (Fsp3) is 0.417. The van der Waals surface area contributed by atoms with E-state index in [1.165, 1.54) is 0 Å². The second-order valence-corrected chi connectivity index (χ2v) is 3.95. The van der Waals surface area contributed by atoms with E-state index in [9.17, 15) is 5.11 Å². The molecule has 1 aliphatic heterocycles. The van der Waals surface area contributed by atoms with Crippen LogP contribution < -0.4 is 5.32 Å². The number of aryl methyl sites for hydroxylation is 1. The van der Waals surface area contributed by atoms with Gasteiger partial charge in [0.15, 0.2) is 0 Å². The normalized spacial score (nSPS) is 14.9. The maximum absolute atomic E-state index is 9.80. The minimum atomic E-state index is 0.408. The number of aromatic hydroxyl groups is 1. The standard InChI is InChI=1S/C12H16N2O/c1-8-3-4-10(9(2)12(8)15)7-11-13-5-6-14-11/h3-4,15H,5-7H2,1-2H3,(H,13,14). The topological polar surface area (TPSA) is 44.6 Å². The molecule has 0 bridgehead atoms. The van der Waals surface area contributed by atoms with Crippen molar-refractivity contribution in [3.8, 4) is 5.75 Å². The molecule has 1 aromatic rings. The van der Waals surface area contributed by atoms with Crippen LogP contribution in [0.5, 0.6) is 5.75 Å². The number of nitrogens with zero attached hydrogens (tertiary/aromatic N) is 1. The Balaban J connectivity index is 2.25. The summed E-state index contributed by atoms with van der Waals surface area (Å²) in [6.45, 7) is 5.67. The van der Waals surface area contributed by atoms with Gasteiger partial charge in [0.2, 0.25) is 0 Å². The van der Waals surface area contributed by atoms with E-state index in [1.54, 1.807) is 0 Å². The number of hydrogen-bond donors (Lipinski definition) is 2. The van der Waals surface area contributed by atoms with E-state index in [4.69, 9.17) is 0 Å². The van der Waals surface area contributed by atoms with E-state index in [-0.39, 0.29) is 0 Å². The Morgan fingerprint density at radius 1 is 1.40 bits per heavy atom. The highest BCUT2D eigenvalue weighted by atomic mass is 16.3. The number of nitrogens with one attached hydrogen (secondary N) is 1. The third-order valence-electron chi connectivity index (χ3n) is 2.85. The molecule has 0 amide bonds. The monoisotopic (exact) mass is 204 g/mol. The molecule has 2 N–H and O–H groups in total. The second kappa shape index (κ2) is 3.93. The molecule has 1 heterocycles. The van der Waals surface area contributed by atoms with Crippen molar-refractivity contribution in [3.63, 3.8) is 0 Å². The van der Waals surface area contributed by atoms with Crippen molar-refractivity contribution in [1.29, 1.82) is 0 Å². The minimum absolute atomic E-state index is 0.408. The molecule has 80 valence electrons. The predicted octanol–water partition coefficient (Wildman–Crippen LogP) is 1.55. The van der Waals surface area contributed by atoms with Crippen molar-refractivity contribution in [1.82, 2.24) is 5.32 Å². The van der Waals surface area contributed by atoms with E-state index in [1.807, 2.05) is 19.9 Å². The van der Waals surface area contributed by atoms with Crippen LogP contribution in [0, 0.1) is 13.8 Å². The third-order valence-corrected chi connectivity index (χ3v) is 2.85. The maximum Gasteiger partial charge on any atom is 0.121 e. The van der Waals surface area contributed by atoms with Crippen LogP contribution in [-0.2, 0) is 6.42 Å². The maximum atomic E-state index is 9.80. The molecule has 2 rings (SSSR count). The van der Waals surface area contributed by atoms with Crippen molar-refractivity contribution in [2.24, 2.45) is 4.99 Å². The first-order valence-corrected chi connectivity index (χ1v) is 5.23. The zero-order valence-electron chi connectivity index (χ0n) is 9.17. The number of amidine groups is 1. The molecule has 0 aromatic heterocycles. The summed E-state index contributed by atoms with van der Waals surface area (Å²) in [7, 11) is 0. The highest BCUT2D eigenvalue weighted by Gasteiger charge is 2.10. The second-order valence-electron chi connectivity index (χ2n) is 3.95.